The molecule has 3 heterocycles. The topological polar surface area (TPSA) is 65.6 Å². The Labute approximate surface area is 135 Å². The lowest BCUT2D eigenvalue weighted by atomic mass is 10.1. The lowest BCUT2D eigenvalue weighted by molar-refractivity contribution is 0.478. The number of hydrogen-bond donors (Lipinski definition) is 3. The molecule has 1 atom stereocenters. The summed E-state index contributed by atoms with van der Waals surface area (Å²) in [6, 6.07) is 8.72. The zero-order chi connectivity index (χ0) is 15.6. The number of aromatic nitrogens is 3. The van der Waals surface area contributed by atoms with Crippen LogP contribution in [0, 0.1) is 6.92 Å². The van der Waals surface area contributed by atoms with Gasteiger partial charge in [0.1, 0.15) is 0 Å². The van der Waals surface area contributed by atoms with Gasteiger partial charge in [0.15, 0.2) is 0 Å². The van der Waals surface area contributed by atoms with E-state index in [1.165, 1.54) is 11.8 Å². The number of rotatable bonds is 3. The second kappa shape index (κ2) is 6.01. The molecule has 4 rings (SSSR count). The van der Waals surface area contributed by atoms with Gasteiger partial charge in [-0.15, -0.1) is 0 Å². The van der Waals surface area contributed by atoms with Crippen LogP contribution in [-0.2, 0) is 0 Å². The first-order valence-electron chi connectivity index (χ1n) is 8.18. The number of aryl methyl sites for hydroxylation is 1. The lowest BCUT2D eigenvalue weighted by Crippen LogP contribution is -2.38. The maximum Gasteiger partial charge on any atom is 0.223 e. The van der Waals surface area contributed by atoms with Crippen molar-refractivity contribution in [1.82, 2.24) is 20.3 Å². The third-order valence-electron chi connectivity index (χ3n) is 4.45. The van der Waals surface area contributed by atoms with Crippen LogP contribution in [-0.4, -0.2) is 34.1 Å². The molecule has 0 spiro atoms. The van der Waals surface area contributed by atoms with Gasteiger partial charge in [0, 0.05) is 41.4 Å². The van der Waals surface area contributed by atoms with Gasteiger partial charge in [0.25, 0.3) is 0 Å². The van der Waals surface area contributed by atoms with Crippen molar-refractivity contribution < 1.29 is 0 Å². The number of benzene rings is 1. The molecule has 1 aliphatic rings. The molecular weight excluding hydrogens is 286 g/mol. The maximum absolute atomic E-state index is 4.79. The van der Waals surface area contributed by atoms with Gasteiger partial charge in [0.2, 0.25) is 5.95 Å². The second-order valence-electron chi connectivity index (χ2n) is 6.16. The highest BCUT2D eigenvalue weighted by molar-refractivity contribution is 5.95. The smallest absolute Gasteiger partial charge is 0.223 e. The molecule has 0 amide bonds. The highest BCUT2D eigenvalue weighted by Gasteiger charge is 2.16. The molecule has 0 radical (unpaired) electrons. The molecule has 0 unspecified atom stereocenters. The van der Waals surface area contributed by atoms with Gasteiger partial charge >= 0.3 is 0 Å². The average molecular weight is 307 g/mol. The number of hydrogen-bond acceptors (Lipinski definition) is 4. The Bertz CT molecular complexity index is 817. The van der Waals surface area contributed by atoms with E-state index in [1.54, 1.807) is 0 Å². The van der Waals surface area contributed by atoms with E-state index >= 15 is 0 Å². The summed E-state index contributed by atoms with van der Waals surface area (Å²) < 4.78 is 0. The standard InChI is InChI=1S/C18H21N5/c1-12-9-21-18(22-13-5-4-8-19-10-13)23-17(12)15-11-20-16-7-3-2-6-14(15)16/h2-3,6-7,9,11,13,19-20H,4-5,8,10H2,1H3,(H,21,22,23)/t13-/m0/s1. The predicted octanol–water partition coefficient (Wildman–Crippen LogP) is 3.10. The van der Waals surface area contributed by atoms with Crippen LogP contribution in [0.3, 0.4) is 0 Å². The Morgan fingerprint density at radius 2 is 2.17 bits per heavy atom. The minimum Gasteiger partial charge on any atom is -0.360 e. The summed E-state index contributed by atoms with van der Waals surface area (Å²) in [5, 5.41) is 8.07. The summed E-state index contributed by atoms with van der Waals surface area (Å²) in [5.41, 5.74) is 4.34. The highest BCUT2D eigenvalue weighted by Crippen LogP contribution is 2.29. The largest absolute Gasteiger partial charge is 0.360 e. The molecule has 5 nitrogen and oxygen atoms in total. The Hall–Kier alpha value is -2.40. The van der Waals surface area contributed by atoms with Crippen LogP contribution in [0.2, 0.25) is 0 Å². The van der Waals surface area contributed by atoms with Gasteiger partial charge in [-0.2, -0.15) is 0 Å². The Morgan fingerprint density at radius 1 is 1.26 bits per heavy atom. The molecule has 2 aromatic heterocycles. The van der Waals surface area contributed by atoms with Crippen molar-refractivity contribution in [3.8, 4) is 11.3 Å². The number of aromatic amines is 1. The fourth-order valence-electron chi connectivity index (χ4n) is 3.21. The minimum absolute atomic E-state index is 0.405. The van der Waals surface area contributed by atoms with E-state index in [4.69, 9.17) is 4.98 Å². The van der Waals surface area contributed by atoms with Crippen LogP contribution in [0.15, 0.2) is 36.7 Å². The average Bonchev–Trinajstić information content (AvgIpc) is 3.01. The van der Waals surface area contributed by atoms with Crippen molar-refractivity contribution in [3.05, 3.63) is 42.2 Å². The van der Waals surface area contributed by atoms with Crippen molar-refractivity contribution in [3.63, 3.8) is 0 Å². The third kappa shape index (κ3) is 2.80. The lowest BCUT2D eigenvalue weighted by Gasteiger charge is -2.24. The Kier molecular flexibility index (Phi) is 3.71. The van der Waals surface area contributed by atoms with Gasteiger partial charge in [-0.1, -0.05) is 18.2 Å². The number of nitrogens with zero attached hydrogens (tertiary/aromatic N) is 2. The molecule has 23 heavy (non-hydrogen) atoms. The zero-order valence-electron chi connectivity index (χ0n) is 13.3. The molecule has 5 heteroatoms. The summed E-state index contributed by atoms with van der Waals surface area (Å²) in [7, 11) is 0. The van der Waals surface area contributed by atoms with Crippen LogP contribution in [0.5, 0.6) is 0 Å². The number of para-hydroxylation sites is 1. The van der Waals surface area contributed by atoms with E-state index in [-0.39, 0.29) is 0 Å². The highest BCUT2D eigenvalue weighted by atomic mass is 15.1. The number of anilines is 1. The van der Waals surface area contributed by atoms with Gasteiger partial charge < -0.3 is 15.6 Å². The molecule has 1 aromatic carbocycles. The fourth-order valence-corrected chi connectivity index (χ4v) is 3.21. The van der Waals surface area contributed by atoms with Crippen LogP contribution in [0.4, 0.5) is 5.95 Å². The van der Waals surface area contributed by atoms with E-state index in [1.807, 2.05) is 18.5 Å². The van der Waals surface area contributed by atoms with Crippen molar-refractivity contribution in [2.75, 3.05) is 18.4 Å². The third-order valence-corrected chi connectivity index (χ3v) is 4.45. The molecular formula is C18H21N5. The van der Waals surface area contributed by atoms with Gasteiger partial charge in [-0.25, -0.2) is 9.97 Å². The molecule has 0 saturated carbocycles. The van der Waals surface area contributed by atoms with E-state index in [0.717, 1.165) is 41.8 Å². The van der Waals surface area contributed by atoms with Gasteiger partial charge in [-0.3, -0.25) is 0 Å². The summed E-state index contributed by atoms with van der Waals surface area (Å²) in [5.74, 6) is 0.713. The number of nitrogens with one attached hydrogen (secondary N) is 3. The molecule has 118 valence electrons. The molecule has 0 bridgehead atoms. The molecule has 3 N–H and O–H groups in total. The molecule has 1 fully saturated rings. The molecule has 0 aliphatic carbocycles. The van der Waals surface area contributed by atoms with Crippen LogP contribution >= 0.6 is 0 Å². The van der Waals surface area contributed by atoms with Crippen LogP contribution in [0.25, 0.3) is 22.2 Å². The van der Waals surface area contributed by atoms with Gasteiger partial charge in [-0.05, 0) is 37.9 Å². The fraction of sp³-hybridized carbons (Fsp3) is 0.333. The van der Waals surface area contributed by atoms with Crippen LogP contribution < -0.4 is 10.6 Å². The quantitative estimate of drug-likeness (QED) is 0.695. The molecule has 3 aromatic rings. The van der Waals surface area contributed by atoms with Crippen molar-refractivity contribution in [2.24, 2.45) is 0 Å². The summed E-state index contributed by atoms with van der Waals surface area (Å²) in [4.78, 5) is 12.6. The monoisotopic (exact) mass is 307 g/mol. The van der Waals surface area contributed by atoms with E-state index in [9.17, 15) is 0 Å². The molecule has 1 aliphatic heterocycles. The number of piperidine rings is 1. The SMILES string of the molecule is Cc1cnc(N[C@H]2CCCNC2)nc1-c1c[nH]c2ccccc12. The summed E-state index contributed by atoms with van der Waals surface area (Å²) >= 11 is 0. The maximum atomic E-state index is 4.79. The van der Waals surface area contributed by atoms with Crippen LogP contribution in [0.1, 0.15) is 18.4 Å². The van der Waals surface area contributed by atoms with Crippen molar-refractivity contribution in [1.29, 1.82) is 0 Å². The van der Waals surface area contributed by atoms with E-state index in [0.29, 0.717) is 12.0 Å². The minimum atomic E-state index is 0.405. The number of fused-ring (bicyclic) bond motifs is 1. The Balaban J connectivity index is 1.69. The number of H-pyrrole nitrogens is 1. The molecule has 1 saturated heterocycles. The van der Waals surface area contributed by atoms with Crippen molar-refractivity contribution in [2.45, 2.75) is 25.8 Å². The van der Waals surface area contributed by atoms with Gasteiger partial charge in [0.05, 0.1) is 5.69 Å². The first-order valence-corrected chi connectivity index (χ1v) is 8.18. The second-order valence-corrected chi connectivity index (χ2v) is 6.16. The van der Waals surface area contributed by atoms with E-state index < -0.39 is 0 Å². The predicted molar refractivity (Wildman–Crippen MR) is 93.6 cm³/mol. The first-order chi connectivity index (χ1) is 11.3. The van der Waals surface area contributed by atoms with Crippen molar-refractivity contribution >= 4 is 16.9 Å². The normalized spacial score (nSPS) is 18.2. The van der Waals surface area contributed by atoms with E-state index in [2.05, 4.69) is 45.7 Å². The zero-order valence-corrected chi connectivity index (χ0v) is 13.3. The Morgan fingerprint density at radius 3 is 3.04 bits per heavy atom. The first kappa shape index (κ1) is 14.2. The summed E-state index contributed by atoms with van der Waals surface area (Å²) in [6.07, 6.45) is 6.29. The summed E-state index contributed by atoms with van der Waals surface area (Å²) in [6.45, 7) is 4.14.